The second kappa shape index (κ2) is 3.53. The van der Waals surface area contributed by atoms with Crippen molar-refractivity contribution in [2.75, 3.05) is 6.61 Å². The van der Waals surface area contributed by atoms with Gasteiger partial charge >= 0.3 is 11.9 Å². The first kappa shape index (κ1) is 8.99. The molecule has 1 aliphatic heterocycles. The normalized spacial score (nSPS) is 29.5. The molecule has 0 saturated carbocycles. The van der Waals surface area contributed by atoms with Gasteiger partial charge in [-0.2, -0.15) is 0 Å². The van der Waals surface area contributed by atoms with E-state index in [4.69, 9.17) is 5.11 Å². The molecule has 5 nitrogen and oxygen atoms in total. The number of aliphatic hydroxyl groups is 1. The average molecular weight is 174 g/mol. The summed E-state index contributed by atoms with van der Waals surface area (Å²) in [6, 6.07) is 0. The standard InChI is InChI=1S/C7H10O5/c1-2-4-6(9)12-5(3-8)7(10)11-4/h4-5,8H,2-3H2,1H3. The van der Waals surface area contributed by atoms with Crippen LogP contribution in [0.4, 0.5) is 0 Å². The fourth-order valence-electron chi connectivity index (χ4n) is 0.890. The molecule has 0 aliphatic carbocycles. The topological polar surface area (TPSA) is 72.8 Å². The third-order valence-electron chi connectivity index (χ3n) is 1.58. The second-order valence-corrected chi connectivity index (χ2v) is 2.44. The maximum Gasteiger partial charge on any atom is 0.350 e. The van der Waals surface area contributed by atoms with Crippen LogP contribution in [0.1, 0.15) is 13.3 Å². The third-order valence-corrected chi connectivity index (χ3v) is 1.58. The summed E-state index contributed by atoms with van der Waals surface area (Å²) in [7, 11) is 0. The minimum absolute atomic E-state index is 0.392. The molecule has 2 atom stereocenters. The maximum absolute atomic E-state index is 10.9. The summed E-state index contributed by atoms with van der Waals surface area (Å²) in [6.45, 7) is 1.18. The number of carbonyl (C=O) groups excluding carboxylic acids is 2. The molecule has 1 rings (SSSR count). The largest absolute Gasteiger partial charge is 0.448 e. The number of cyclic esters (lactones) is 2. The molecule has 0 bridgehead atoms. The Balaban J connectivity index is 2.61. The summed E-state index contributed by atoms with van der Waals surface area (Å²) < 4.78 is 9.27. The molecule has 0 spiro atoms. The van der Waals surface area contributed by atoms with Gasteiger partial charge in [0.15, 0.2) is 6.10 Å². The zero-order valence-electron chi connectivity index (χ0n) is 6.65. The lowest BCUT2D eigenvalue weighted by molar-refractivity contribution is -0.197. The summed E-state index contributed by atoms with van der Waals surface area (Å²) in [5, 5.41) is 8.56. The highest BCUT2D eigenvalue weighted by molar-refractivity contribution is 5.87. The molecule has 1 N–H and O–H groups in total. The Morgan fingerprint density at radius 2 is 1.75 bits per heavy atom. The van der Waals surface area contributed by atoms with Gasteiger partial charge in [-0.25, -0.2) is 9.59 Å². The van der Waals surface area contributed by atoms with E-state index in [0.29, 0.717) is 6.42 Å². The van der Waals surface area contributed by atoms with E-state index >= 15 is 0 Å². The first-order valence-electron chi connectivity index (χ1n) is 3.71. The van der Waals surface area contributed by atoms with Gasteiger partial charge in [0.25, 0.3) is 0 Å². The molecule has 2 unspecified atom stereocenters. The molecule has 1 heterocycles. The summed E-state index contributed by atoms with van der Waals surface area (Å²) in [4.78, 5) is 21.8. The fraction of sp³-hybridized carbons (Fsp3) is 0.714. The monoisotopic (exact) mass is 174 g/mol. The van der Waals surface area contributed by atoms with Crippen molar-refractivity contribution in [2.24, 2.45) is 0 Å². The van der Waals surface area contributed by atoms with E-state index in [-0.39, 0.29) is 0 Å². The van der Waals surface area contributed by atoms with E-state index in [1.807, 2.05) is 0 Å². The first-order chi connectivity index (χ1) is 5.69. The summed E-state index contributed by atoms with van der Waals surface area (Å²) >= 11 is 0. The molecule has 5 heteroatoms. The summed E-state index contributed by atoms with van der Waals surface area (Å²) in [6.07, 6.45) is -1.55. The number of carbonyl (C=O) groups is 2. The Morgan fingerprint density at radius 1 is 1.25 bits per heavy atom. The van der Waals surface area contributed by atoms with Crippen molar-refractivity contribution in [2.45, 2.75) is 25.6 Å². The van der Waals surface area contributed by atoms with Crippen molar-refractivity contribution in [3.05, 3.63) is 0 Å². The predicted molar refractivity (Wildman–Crippen MR) is 37.1 cm³/mol. The Kier molecular flexibility index (Phi) is 2.65. The molecule has 1 fully saturated rings. The van der Waals surface area contributed by atoms with E-state index in [0.717, 1.165) is 0 Å². The van der Waals surface area contributed by atoms with Gasteiger partial charge in [-0.1, -0.05) is 6.92 Å². The number of hydrogen-bond donors (Lipinski definition) is 1. The highest BCUT2D eigenvalue weighted by Gasteiger charge is 2.36. The highest BCUT2D eigenvalue weighted by atomic mass is 16.6. The average Bonchev–Trinajstić information content (AvgIpc) is 2.08. The van der Waals surface area contributed by atoms with Crippen molar-refractivity contribution in [1.29, 1.82) is 0 Å². The Bertz CT molecular complexity index is 178. The lowest BCUT2D eigenvalue weighted by Gasteiger charge is -2.25. The molecule has 1 saturated heterocycles. The van der Waals surface area contributed by atoms with Crippen LogP contribution >= 0.6 is 0 Å². The van der Waals surface area contributed by atoms with Crippen LogP contribution in [0.5, 0.6) is 0 Å². The van der Waals surface area contributed by atoms with Gasteiger partial charge in [-0.05, 0) is 6.42 Å². The van der Waals surface area contributed by atoms with Crippen LogP contribution in [0.2, 0.25) is 0 Å². The van der Waals surface area contributed by atoms with Crippen LogP contribution in [0.25, 0.3) is 0 Å². The van der Waals surface area contributed by atoms with Gasteiger partial charge in [-0.3, -0.25) is 0 Å². The quantitative estimate of drug-likeness (QED) is 0.556. The van der Waals surface area contributed by atoms with Crippen LogP contribution in [0, 0.1) is 0 Å². The first-order valence-corrected chi connectivity index (χ1v) is 3.71. The molecule has 0 radical (unpaired) electrons. The van der Waals surface area contributed by atoms with Gasteiger partial charge < -0.3 is 14.6 Å². The third kappa shape index (κ3) is 1.55. The van der Waals surface area contributed by atoms with Crippen LogP contribution in [0.15, 0.2) is 0 Å². The second-order valence-electron chi connectivity index (χ2n) is 2.44. The minimum Gasteiger partial charge on any atom is -0.448 e. The molecular weight excluding hydrogens is 164 g/mol. The predicted octanol–water partition coefficient (Wildman–Crippen LogP) is -0.774. The van der Waals surface area contributed by atoms with E-state index in [1.165, 1.54) is 0 Å². The Hall–Kier alpha value is -1.10. The number of rotatable bonds is 2. The fourth-order valence-corrected chi connectivity index (χ4v) is 0.890. The SMILES string of the molecule is CCC1OC(=O)C(CO)OC1=O. The maximum atomic E-state index is 10.9. The number of esters is 2. The van der Waals surface area contributed by atoms with E-state index in [9.17, 15) is 9.59 Å². The molecule has 0 aromatic heterocycles. The lowest BCUT2D eigenvalue weighted by Crippen LogP contribution is -2.45. The molecule has 1 aliphatic rings. The molecule has 0 aromatic rings. The minimum atomic E-state index is -1.14. The number of ether oxygens (including phenoxy) is 2. The van der Waals surface area contributed by atoms with Crippen LogP contribution in [-0.2, 0) is 19.1 Å². The van der Waals surface area contributed by atoms with Crippen molar-refractivity contribution in [1.82, 2.24) is 0 Å². The van der Waals surface area contributed by atoms with E-state index in [2.05, 4.69) is 9.47 Å². The number of aliphatic hydroxyl groups excluding tert-OH is 1. The van der Waals surface area contributed by atoms with Crippen molar-refractivity contribution >= 4 is 11.9 Å². The van der Waals surface area contributed by atoms with Gasteiger partial charge in [0.1, 0.15) is 0 Å². The van der Waals surface area contributed by atoms with Gasteiger partial charge in [0.05, 0.1) is 6.61 Å². The lowest BCUT2D eigenvalue weighted by atomic mass is 10.2. The van der Waals surface area contributed by atoms with Crippen LogP contribution < -0.4 is 0 Å². The number of hydrogen-bond acceptors (Lipinski definition) is 5. The van der Waals surface area contributed by atoms with Gasteiger partial charge in [0, 0.05) is 0 Å². The van der Waals surface area contributed by atoms with Crippen molar-refractivity contribution < 1.29 is 24.2 Å². The van der Waals surface area contributed by atoms with E-state index in [1.54, 1.807) is 6.92 Å². The Labute approximate surface area is 69.3 Å². The van der Waals surface area contributed by atoms with Gasteiger partial charge in [0.2, 0.25) is 6.10 Å². The summed E-state index contributed by atoms with van der Waals surface area (Å²) in [5.74, 6) is -1.26. The molecule has 0 aromatic carbocycles. The molecule has 0 amide bonds. The molecule has 12 heavy (non-hydrogen) atoms. The van der Waals surface area contributed by atoms with Gasteiger partial charge in [-0.15, -0.1) is 0 Å². The molecule has 68 valence electrons. The smallest absolute Gasteiger partial charge is 0.350 e. The van der Waals surface area contributed by atoms with Crippen LogP contribution in [-0.4, -0.2) is 35.9 Å². The zero-order valence-corrected chi connectivity index (χ0v) is 6.65. The van der Waals surface area contributed by atoms with E-state index < -0.39 is 30.8 Å². The zero-order chi connectivity index (χ0) is 9.14. The van der Waals surface area contributed by atoms with Crippen molar-refractivity contribution in [3.8, 4) is 0 Å². The van der Waals surface area contributed by atoms with Crippen molar-refractivity contribution in [3.63, 3.8) is 0 Å². The summed E-state index contributed by atoms with van der Waals surface area (Å²) in [5.41, 5.74) is 0. The van der Waals surface area contributed by atoms with Crippen LogP contribution in [0.3, 0.4) is 0 Å². The Morgan fingerprint density at radius 3 is 2.25 bits per heavy atom. The molecular formula is C7H10O5. The highest BCUT2D eigenvalue weighted by Crippen LogP contribution is 2.12.